The topological polar surface area (TPSA) is 48.4 Å². The summed E-state index contributed by atoms with van der Waals surface area (Å²) in [5.74, 6) is 2.29. The summed E-state index contributed by atoms with van der Waals surface area (Å²) in [5.41, 5.74) is 19.4. The molecule has 2 unspecified atom stereocenters. The van der Waals surface area contributed by atoms with Crippen LogP contribution >= 0.6 is 0 Å². The molecule has 10 rings (SSSR count). The zero-order chi connectivity index (χ0) is 48.3. The Balaban J connectivity index is 1.07. The Labute approximate surface area is 414 Å². The number of hydrogen-bond donors (Lipinski definition) is 0. The van der Waals surface area contributed by atoms with Crippen LogP contribution in [0, 0.1) is 33.6 Å². The maximum atomic E-state index is 5.26. The number of rotatable bonds is 12. The molecule has 7 aromatic carbocycles. The molecule has 6 heteroatoms. The number of para-hydroxylation sites is 4. The van der Waals surface area contributed by atoms with Gasteiger partial charge in [0.05, 0.1) is 6.04 Å². The van der Waals surface area contributed by atoms with Crippen molar-refractivity contribution in [3.63, 3.8) is 0 Å². The third-order valence-electron chi connectivity index (χ3n) is 13.9. The second-order valence-electron chi connectivity index (χ2n) is 18.9. The van der Waals surface area contributed by atoms with E-state index in [1.807, 2.05) is 0 Å². The van der Waals surface area contributed by atoms with Crippen LogP contribution in [0.1, 0.15) is 55.9 Å². The molecule has 2 atom stereocenters. The van der Waals surface area contributed by atoms with Gasteiger partial charge in [-0.25, -0.2) is 15.0 Å². The maximum Gasteiger partial charge on any atom is 0.164 e. The third kappa shape index (κ3) is 9.25. The molecule has 2 aliphatic carbocycles. The summed E-state index contributed by atoms with van der Waals surface area (Å²) in [7, 11) is 0. The molecule has 1 aromatic heterocycles. The number of hydrogen-bond acceptors (Lipinski definition) is 6. The van der Waals surface area contributed by atoms with Gasteiger partial charge in [-0.15, -0.1) is 0 Å². The van der Waals surface area contributed by atoms with Crippen molar-refractivity contribution in [3.05, 3.63) is 239 Å². The second-order valence-corrected chi connectivity index (χ2v) is 18.9. The fraction of sp³-hybridized carbons (Fsp3) is 0.172. The first-order valence-electron chi connectivity index (χ1n) is 24.5. The van der Waals surface area contributed by atoms with E-state index in [4.69, 9.17) is 15.0 Å². The fourth-order valence-electron chi connectivity index (χ4n) is 9.91. The number of nitrogens with zero attached hydrogens (tertiary/aromatic N) is 6. The summed E-state index contributed by atoms with van der Waals surface area (Å²) < 4.78 is 0. The molecule has 0 fully saturated rings. The van der Waals surface area contributed by atoms with E-state index in [1.54, 1.807) is 0 Å². The highest BCUT2D eigenvalue weighted by Gasteiger charge is 2.26. The van der Waals surface area contributed by atoms with E-state index in [-0.39, 0.29) is 6.04 Å². The Kier molecular flexibility index (Phi) is 13.0. The Morgan fingerprint density at radius 2 is 0.843 bits per heavy atom. The predicted octanol–water partition coefficient (Wildman–Crippen LogP) is 17.0. The normalized spacial score (nSPS) is 15.4. The fourth-order valence-corrected chi connectivity index (χ4v) is 9.91. The van der Waals surface area contributed by atoms with Gasteiger partial charge in [0.15, 0.2) is 17.5 Å². The molecule has 346 valence electrons. The second kappa shape index (κ2) is 19.9. The number of aromatic nitrogens is 3. The number of allylic oxidation sites excluding steroid dienone is 6. The Bertz CT molecular complexity index is 3260. The van der Waals surface area contributed by atoms with E-state index in [0.717, 1.165) is 58.0 Å². The summed E-state index contributed by atoms with van der Waals surface area (Å²) in [4.78, 5) is 23.0. The summed E-state index contributed by atoms with van der Waals surface area (Å²) in [6, 6.07) is 60.7. The van der Waals surface area contributed by atoms with Crippen LogP contribution in [-0.2, 0) is 0 Å². The van der Waals surface area contributed by atoms with Crippen molar-refractivity contribution in [2.75, 3.05) is 14.7 Å². The zero-order valence-electron chi connectivity index (χ0n) is 41.3. The molecule has 0 bridgehead atoms. The Hall–Kier alpha value is -8.09. The van der Waals surface area contributed by atoms with Crippen LogP contribution in [0.25, 0.3) is 34.2 Å². The van der Waals surface area contributed by atoms with Crippen LogP contribution in [0.5, 0.6) is 0 Å². The lowest BCUT2D eigenvalue weighted by Gasteiger charge is -2.36. The SMILES string of the molecule is CC1=CC=CCC1N(c1ccc(-c2nc(-c3ccc(N(C4=C(C)C=CC(C)C4)c4ccccc4C)cc3)nc(-c3ccc(N(c4ccccc4C)c4ccccc4C)cc3)n2)cc1)c1ccccc1C. The lowest BCUT2D eigenvalue weighted by Crippen LogP contribution is -2.33. The first-order valence-corrected chi connectivity index (χ1v) is 24.5. The van der Waals surface area contributed by atoms with E-state index in [0.29, 0.717) is 23.4 Å². The Morgan fingerprint density at radius 3 is 1.29 bits per heavy atom. The molecular weight excluding hydrogens is 853 g/mol. The van der Waals surface area contributed by atoms with Gasteiger partial charge >= 0.3 is 0 Å². The summed E-state index contributed by atoms with van der Waals surface area (Å²) in [6.07, 6.45) is 13.1. The van der Waals surface area contributed by atoms with Crippen molar-refractivity contribution >= 4 is 39.8 Å². The highest BCUT2D eigenvalue weighted by molar-refractivity contribution is 5.82. The maximum absolute atomic E-state index is 5.26. The summed E-state index contributed by atoms with van der Waals surface area (Å²) in [6.45, 7) is 15.5. The number of aryl methyl sites for hydroxylation is 4. The lowest BCUT2D eigenvalue weighted by molar-refractivity contribution is 0.688. The molecule has 0 saturated heterocycles. The largest absolute Gasteiger partial charge is 0.334 e. The molecule has 2 aliphatic rings. The van der Waals surface area contributed by atoms with E-state index < -0.39 is 0 Å². The van der Waals surface area contributed by atoms with Crippen molar-refractivity contribution in [1.82, 2.24) is 15.0 Å². The van der Waals surface area contributed by atoms with Gasteiger partial charge in [-0.3, -0.25) is 0 Å². The molecule has 70 heavy (non-hydrogen) atoms. The monoisotopic (exact) mass is 912 g/mol. The molecule has 1 heterocycles. The van der Waals surface area contributed by atoms with Gasteiger partial charge in [-0.2, -0.15) is 0 Å². The van der Waals surface area contributed by atoms with Gasteiger partial charge in [0, 0.05) is 62.2 Å². The molecule has 6 nitrogen and oxygen atoms in total. The van der Waals surface area contributed by atoms with Crippen LogP contribution in [0.3, 0.4) is 0 Å². The number of benzene rings is 7. The third-order valence-corrected chi connectivity index (χ3v) is 13.9. The van der Waals surface area contributed by atoms with Gasteiger partial charge < -0.3 is 14.7 Å². The van der Waals surface area contributed by atoms with E-state index in [1.165, 1.54) is 50.5 Å². The van der Waals surface area contributed by atoms with E-state index in [9.17, 15) is 0 Å². The highest BCUT2D eigenvalue weighted by Crippen LogP contribution is 2.42. The van der Waals surface area contributed by atoms with Gasteiger partial charge in [0.2, 0.25) is 0 Å². The molecule has 0 N–H and O–H groups in total. The van der Waals surface area contributed by atoms with Crippen molar-refractivity contribution in [2.24, 2.45) is 5.92 Å². The first-order chi connectivity index (χ1) is 34.1. The zero-order valence-corrected chi connectivity index (χ0v) is 41.3. The minimum atomic E-state index is 0.200. The van der Waals surface area contributed by atoms with Crippen molar-refractivity contribution in [3.8, 4) is 34.2 Å². The van der Waals surface area contributed by atoms with Crippen molar-refractivity contribution in [2.45, 2.75) is 67.3 Å². The van der Waals surface area contributed by atoms with Gasteiger partial charge in [0.25, 0.3) is 0 Å². The van der Waals surface area contributed by atoms with Gasteiger partial charge in [0.1, 0.15) is 0 Å². The average Bonchev–Trinajstić information content (AvgIpc) is 3.38. The smallest absolute Gasteiger partial charge is 0.164 e. The van der Waals surface area contributed by atoms with Crippen molar-refractivity contribution in [1.29, 1.82) is 0 Å². The average molecular weight is 913 g/mol. The van der Waals surface area contributed by atoms with Crippen LogP contribution < -0.4 is 14.7 Å². The highest BCUT2D eigenvalue weighted by atomic mass is 15.2. The summed E-state index contributed by atoms with van der Waals surface area (Å²) >= 11 is 0. The lowest BCUT2D eigenvalue weighted by atomic mass is 9.94. The Morgan fingerprint density at radius 1 is 0.443 bits per heavy atom. The van der Waals surface area contributed by atoms with Crippen LogP contribution in [0.2, 0.25) is 0 Å². The van der Waals surface area contributed by atoms with Crippen LogP contribution in [0.4, 0.5) is 39.8 Å². The minimum absolute atomic E-state index is 0.200. The quantitative estimate of drug-likeness (QED) is 0.122. The standard InChI is InChI=1S/C64H60N6/c1-43-28-29-49(7)61(42-43)70(60-27-17-12-22-48(60)6)55-40-34-52(35-41-55)64-66-62(50-30-36-53(37-31-50)68(56-23-13-8-18-44(56)2)57-24-14-9-19-45(57)3)65-63(67-64)51-32-38-54(39-33-51)69(58-25-15-10-20-46(58)4)59-26-16-11-21-47(59)5/h8-25,27-41,43,59H,26,42H2,1-7H3. The predicted molar refractivity (Wildman–Crippen MR) is 294 cm³/mol. The molecular formula is C64H60N6. The molecule has 0 amide bonds. The van der Waals surface area contributed by atoms with Crippen LogP contribution in [-0.4, -0.2) is 21.0 Å². The minimum Gasteiger partial charge on any atom is -0.334 e. The molecule has 0 aliphatic heterocycles. The van der Waals surface area contributed by atoms with Crippen molar-refractivity contribution < 1.29 is 0 Å². The first kappa shape index (κ1) is 45.7. The van der Waals surface area contributed by atoms with Gasteiger partial charge in [-0.05, 0) is 185 Å². The van der Waals surface area contributed by atoms with Crippen LogP contribution in [0.15, 0.2) is 217 Å². The van der Waals surface area contributed by atoms with E-state index in [2.05, 4.69) is 263 Å². The molecule has 8 aromatic rings. The summed E-state index contributed by atoms with van der Waals surface area (Å²) in [5, 5.41) is 0. The molecule has 0 spiro atoms. The molecule has 0 radical (unpaired) electrons. The number of anilines is 7. The molecule has 0 saturated carbocycles. The van der Waals surface area contributed by atoms with E-state index >= 15 is 0 Å². The van der Waals surface area contributed by atoms with Gasteiger partial charge in [-0.1, -0.05) is 116 Å².